The fourth-order valence-electron chi connectivity index (χ4n) is 3.58. The number of nitrogens with zero attached hydrogens (tertiary/aromatic N) is 3. The maximum absolute atomic E-state index is 6.27. The average molecular weight is 535 g/mol. The number of benzene rings is 1. The van der Waals surface area contributed by atoms with Crippen molar-refractivity contribution in [3.8, 4) is 0 Å². The van der Waals surface area contributed by atoms with Crippen LogP contribution in [0.5, 0.6) is 0 Å². The molecule has 1 aromatic carbocycles. The van der Waals surface area contributed by atoms with Crippen LogP contribution in [0, 0.1) is 6.92 Å². The summed E-state index contributed by atoms with van der Waals surface area (Å²) >= 11 is 7.94. The highest BCUT2D eigenvalue weighted by Gasteiger charge is 2.35. The zero-order valence-corrected chi connectivity index (χ0v) is 20.5. The summed E-state index contributed by atoms with van der Waals surface area (Å²) in [7, 11) is 3.86. The molecular weight excluding hydrogens is 507 g/mol. The Kier molecular flexibility index (Phi) is 8.98. The van der Waals surface area contributed by atoms with Gasteiger partial charge in [-0.05, 0) is 37.5 Å². The van der Waals surface area contributed by atoms with E-state index in [-0.39, 0.29) is 29.4 Å². The minimum Gasteiger partial charge on any atom is -0.381 e. The van der Waals surface area contributed by atoms with Gasteiger partial charge in [0.05, 0.1) is 17.2 Å². The van der Waals surface area contributed by atoms with E-state index in [9.17, 15) is 0 Å². The van der Waals surface area contributed by atoms with E-state index in [1.165, 1.54) is 5.56 Å². The zero-order chi connectivity index (χ0) is 19.3. The molecule has 28 heavy (non-hydrogen) atoms. The number of hydrogen-bond acceptors (Lipinski definition) is 4. The maximum Gasteiger partial charge on any atom is 0.193 e. The molecule has 3 rings (SSSR count). The fraction of sp³-hybridized carbons (Fsp3) is 0.500. The molecule has 0 radical (unpaired) electrons. The third-order valence-electron chi connectivity index (χ3n) is 5.11. The molecule has 1 aliphatic heterocycles. The van der Waals surface area contributed by atoms with Gasteiger partial charge in [-0.1, -0.05) is 23.7 Å². The minimum atomic E-state index is -0.00283. The van der Waals surface area contributed by atoms with Crippen LogP contribution in [0.2, 0.25) is 5.02 Å². The Balaban J connectivity index is 0.00000280. The number of ether oxygens (including phenoxy) is 1. The highest BCUT2D eigenvalue weighted by Crippen LogP contribution is 2.35. The molecule has 5 nitrogen and oxygen atoms in total. The molecule has 2 heterocycles. The number of halogens is 2. The van der Waals surface area contributed by atoms with Gasteiger partial charge in [0.1, 0.15) is 0 Å². The molecule has 0 atom stereocenters. The van der Waals surface area contributed by atoms with Crippen LogP contribution in [0.3, 0.4) is 0 Å². The van der Waals surface area contributed by atoms with Gasteiger partial charge < -0.3 is 15.0 Å². The Bertz CT molecular complexity index is 792. The summed E-state index contributed by atoms with van der Waals surface area (Å²) in [6.45, 7) is 5.09. The van der Waals surface area contributed by atoms with Crippen molar-refractivity contribution in [3.63, 3.8) is 0 Å². The lowest BCUT2D eigenvalue weighted by Gasteiger charge is -2.39. The molecule has 1 saturated heterocycles. The van der Waals surface area contributed by atoms with Crippen LogP contribution in [-0.4, -0.2) is 49.7 Å². The van der Waals surface area contributed by atoms with Crippen molar-refractivity contribution >= 4 is 52.9 Å². The average Bonchev–Trinajstić information content (AvgIpc) is 3.07. The standard InChI is InChI=1S/C20H27ClN4OS.HI/c1-15-24-18(13-27-15)12-25(3)19(22-2)23-14-20(7-9-26-10-8-20)16-5-4-6-17(21)11-16;/h4-6,11,13H,7-10,12,14H2,1-3H3,(H,22,23);1H. The predicted molar refractivity (Wildman–Crippen MR) is 128 cm³/mol. The van der Waals surface area contributed by atoms with Crippen molar-refractivity contribution in [2.45, 2.75) is 31.7 Å². The second kappa shape index (κ2) is 10.8. The van der Waals surface area contributed by atoms with E-state index in [2.05, 4.69) is 37.7 Å². The molecule has 0 saturated carbocycles. The van der Waals surface area contributed by atoms with E-state index in [1.54, 1.807) is 11.3 Å². The normalized spacial score (nSPS) is 16.4. The first-order chi connectivity index (χ1) is 13.0. The molecule has 0 unspecified atom stereocenters. The fourth-order valence-corrected chi connectivity index (χ4v) is 4.37. The van der Waals surface area contributed by atoms with E-state index >= 15 is 0 Å². The minimum absolute atomic E-state index is 0. The Morgan fingerprint density at radius 1 is 1.39 bits per heavy atom. The van der Waals surface area contributed by atoms with Crippen molar-refractivity contribution in [1.29, 1.82) is 0 Å². The van der Waals surface area contributed by atoms with Gasteiger partial charge in [0.25, 0.3) is 0 Å². The first-order valence-electron chi connectivity index (χ1n) is 9.19. The molecule has 1 N–H and O–H groups in total. The molecular formula is C20H28ClIN4OS. The van der Waals surface area contributed by atoms with Crippen LogP contribution in [-0.2, 0) is 16.7 Å². The van der Waals surface area contributed by atoms with Crippen LogP contribution in [0.15, 0.2) is 34.6 Å². The summed E-state index contributed by atoms with van der Waals surface area (Å²) in [6, 6.07) is 8.21. The van der Waals surface area contributed by atoms with E-state index in [0.29, 0.717) is 0 Å². The highest BCUT2D eigenvalue weighted by molar-refractivity contribution is 14.0. The molecule has 154 valence electrons. The number of guanidine groups is 1. The maximum atomic E-state index is 6.27. The number of rotatable bonds is 5. The highest BCUT2D eigenvalue weighted by atomic mass is 127. The summed E-state index contributed by atoms with van der Waals surface area (Å²) in [4.78, 5) is 11.1. The number of nitrogens with one attached hydrogen (secondary N) is 1. The van der Waals surface area contributed by atoms with Gasteiger partial charge in [-0.25, -0.2) is 4.98 Å². The number of hydrogen-bond donors (Lipinski definition) is 1. The summed E-state index contributed by atoms with van der Waals surface area (Å²) in [5.74, 6) is 0.869. The number of aryl methyl sites for hydroxylation is 1. The smallest absolute Gasteiger partial charge is 0.193 e. The number of thiazole rings is 1. The quantitative estimate of drug-likeness (QED) is 0.349. The van der Waals surface area contributed by atoms with Crippen molar-refractivity contribution in [2.24, 2.45) is 4.99 Å². The number of aromatic nitrogens is 1. The van der Waals surface area contributed by atoms with Gasteiger partial charge in [0.15, 0.2) is 5.96 Å². The van der Waals surface area contributed by atoms with Crippen LogP contribution < -0.4 is 5.32 Å². The molecule has 1 aliphatic rings. The predicted octanol–water partition coefficient (Wildman–Crippen LogP) is 4.48. The van der Waals surface area contributed by atoms with Crippen molar-refractivity contribution in [2.75, 3.05) is 33.9 Å². The van der Waals surface area contributed by atoms with Crippen LogP contribution in [0.1, 0.15) is 29.1 Å². The van der Waals surface area contributed by atoms with E-state index in [0.717, 1.165) is 60.8 Å². The van der Waals surface area contributed by atoms with Gasteiger partial charge >= 0.3 is 0 Å². The second-order valence-electron chi connectivity index (χ2n) is 7.02. The molecule has 1 fully saturated rings. The molecule has 0 spiro atoms. The molecule has 0 bridgehead atoms. The van der Waals surface area contributed by atoms with Gasteiger partial charge in [-0.15, -0.1) is 35.3 Å². The largest absolute Gasteiger partial charge is 0.381 e. The summed E-state index contributed by atoms with van der Waals surface area (Å²) in [5.41, 5.74) is 2.33. The van der Waals surface area contributed by atoms with E-state index in [4.69, 9.17) is 16.3 Å². The van der Waals surface area contributed by atoms with Crippen LogP contribution in [0.25, 0.3) is 0 Å². The van der Waals surface area contributed by atoms with Gasteiger partial charge in [0, 0.05) is 49.7 Å². The second-order valence-corrected chi connectivity index (χ2v) is 8.52. The Morgan fingerprint density at radius 2 is 2.14 bits per heavy atom. The van der Waals surface area contributed by atoms with E-state index < -0.39 is 0 Å². The monoisotopic (exact) mass is 534 g/mol. The van der Waals surface area contributed by atoms with Gasteiger partial charge in [-0.3, -0.25) is 4.99 Å². The van der Waals surface area contributed by atoms with E-state index in [1.807, 2.05) is 33.2 Å². The molecule has 0 aliphatic carbocycles. The molecule has 0 amide bonds. The van der Waals surface area contributed by atoms with Crippen molar-refractivity contribution < 1.29 is 4.74 Å². The Hall–Kier alpha value is -0.900. The van der Waals surface area contributed by atoms with Gasteiger partial charge in [0.2, 0.25) is 0 Å². The van der Waals surface area contributed by atoms with Gasteiger partial charge in [-0.2, -0.15) is 0 Å². The summed E-state index contributed by atoms with van der Waals surface area (Å²) in [5, 5.41) is 7.54. The third-order valence-corrected chi connectivity index (χ3v) is 6.17. The SMILES string of the molecule is CN=C(NCC1(c2cccc(Cl)c2)CCOCC1)N(C)Cc1csc(C)n1.I. The molecule has 1 aromatic heterocycles. The lowest BCUT2D eigenvalue weighted by Crippen LogP contribution is -2.48. The summed E-state index contributed by atoms with van der Waals surface area (Å²) < 4.78 is 5.63. The Labute approximate surface area is 193 Å². The lowest BCUT2D eigenvalue weighted by molar-refractivity contribution is 0.0512. The third kappa shape index (κ3) is 5.81. The molecule has 2 aromatic rings. The van der Waals surface area contributed by atoms with Crippen LogP contribution in [0.4, 0.5) is 0 Å². The lowest BCUT2D eigenvalue weighted by atomic mass is 9.74. The van der Waals surface area contributed by atoms with Crippen molar-refractivity contribution in [1.82, 2.24) is 15.2 Å². The topological polar surface area (TPSA) is 49.8 Å². The van der Waals surface area contributed by atoms with Crippen LogP contribution >= 0.6 is 46.9 Å². The van der Waals surface area contributed by atoms with Crippen molar-refractivity contribution in [3.05, 3.63) is 50.9 Å². The number of aliphatic imine (C=N–C) groups is 1. The Morgan fingerprint density at radius 3 is 2.75 bits per heavy atom. The first-order valence-corrected chi connectivity index (χ1v) is 10.4. The molecule has 8 heteroatoms. The summed E-state index contributed by atoms with van der Waals surface area (Å²) in [6.07, 6.45) is 1.93. The first kappa shape index (κ1) is 23.4. The zero-order valence-electron chi connectivity index (χ0n) is 16.6.